The highest BCUT2D eigenvalue weighted by Gasteiger charge is 1.95. The van der Waals surface area contributed by atoms with Crippen LogP contribution in [0.25, 0.3) is 12.2 Å². The molecular formula is C6H6N4. The highest BCUT2D eigenvalue weighted by atomic mass is 15.4. The molecule has 4 nitrogen and oxygen atoms in total. The number of aromatic nitrogens is 4. The van der Waals surface area contributed by atoms with Crippen LogP contribution in [-0.4, -0.2) is 20.6 Å². The third-order valence-electron chi connectivity index (χ3n) is 0.994. The second kappa shape index (κ2) is 2.82. The number of hydrogen-bond donors (Lipinski definition) is 0. The van der Waals surface area contributed by atoms with Crippen molar-refractivity contribution in [3.8, 4) is 0 Å². The van der Waals surface area contributed by atoms with Crippen LogP contribution < -0.4 is 0 Å². The molecule has 0 amide bonds. The summed E-state index contributed by atoms with van der Waals surface area (Å²) in [6, 6.07) is 0. The summed E-state index contributed by atoms with van der Waals surface area (Å²) in [5.41, 5.74) is 1.20. The van der Waals surface area contributed by atoms with Crippen LogP contribution in [-0.2, 0) is 0 Å². The molecule has 0 fully saturated rings. The lowest BCUT2D eigenvalue weighted by atomic mass is 10.3. The van der Waals surface area contributed by atoms with Gasteiger partial charge < -0.3 is 0 Å². The molecule has 0 saturated carbocycles. The maximum absolute atomic E-state index is 3.66. The molecule has 0 aromatic carbocycles. The van der Waals surface area contributed by atoms with Gasteiger partial charge in [-0.05, 0) is 22.6 Å². The topological polar surface area (TPSA) is 51.6 Å². The number of rotatable bonds is 2. The van der Waals surface area contributed by atoms with Gasteiger partial charge in [0.2, 0.25) is 0 Å². The molecule has 4 heteroatoms. The Labute approximate surface area is 58.3 Å². The van der Waals surface area contributed by atoms with Gasteiger partial charge in [-0.1, -0.05) is 13.2 Å². The fourth-order valence-electron chi connectivity index (χ4n) is 0.530. The second-order valence-corrected chi connectivity index (χ2v) is 1.56. The first-order chi connectivity index (χ1) is 4.88. The standard InChI is InChI=1S/C6H6N4/c1-3-5-6(4-2)8-10-9-7-5/h3-4H,1-2H2. The summed E-state index contributed by atoms with van der Waals surface area (Å²) in [6.45, 7) is 7.04. The number of hydrogen-bond acceptors (Lipinski definition) is 4. The van der Waals surface area contributed by atoms with E-state index >= 15 is 0 Å². The third kappa shape index (κ3) is 1.05. The van der Waals surface area contributed by atoms with E-state index in [0.29, 0.717) is 11.4 Å². The Balaban J connectivity index is 3.20. The summed E-state index contributed by atoms with van der Waals surface area (Å²) >= 11 is 0. The van der Waals surface area contributed by atoms with Crippen molar-refractivity contribution in [1.29, 1.82) is 0 Å². The van der Waals surface area contributed by atoms with E-state index < -0.39 is 0 Å². The molecule has 1 aromatic heterocycles. The summed E-state index contributed by atoms with van der Waals surface area (Å²) in [6.07, 6.45) is 3.11. The molecule has 0 saturated heterocycles. The first-order valence-electron chi connectivity index (χ1n) is 2.69. The molecule has 0 aliphatic rings. The van der Waals surface area contributed by atoms with E-state index in [1.807, 2.05) is 0 Å². The van der Waals surface area contributed by atoms with E-state index in [9.17, 15) is 0 Å². The summed E-state index contributed by atoms with van der Waals surface area (Å²) < 4.78 is 0. The molecule has 1 heterocycles. The summed E-state index contributed by atoms with van der Waals surface area (Å²) in [7, 11) is 0. The fourth-order valence-corrected chi connectivity index (χ4v) is 0.530. The number of nitrogens with zero attached hydrogens (tertiary/aromatic N) is 4. The van der Waals surface area contributed by atoms with Crippen molar-refractivity contribution in [1.82, 2.24) is 20.6 Å². The molecule has 0 N–H and O–H groups in total. The Morgan fingerprint density at radius 1 is 0.900 bits per heavy atom. The van der Waals surface area contributed by atoms with Gasteiger partial charge in [-0.25, -0.2) is 0 Å². The summed E-state index contributed by atoms with van der Waals surface area (Å²) in [5, 5.41) is 14.0. The van der Waals surface area contributed by atoms with Gasteiger partial charge in [-0.2, -0.15) is 0 Å². The van der Waals surface area contributed by atoms with Gasteiger partial charge in [-0.15, -0.1) is 10.2 Å². The summed E-state index contributed by atoms with van der Waals surface area (Å²) in [4.78, 5) is 0. The minimum atomic E-state index is 0.602. The van der Waals surface area contributed by atoms with E-state index in [1.165, 1.54) is 0 Å². The Morgan fingerprint density at radius 3 is 1.60 bits per heavy atom. The molecule has 1 aromatic rings. The minimum Gasteiger partial charge on any atom is -0.127 e. The van der Waals surface area contributed by atoms with Crippen LogP contribution in [0.4, 0.5) is 0 Å². The van der Waals surface area contributed by atoms with E-state index in [-0.39, 0.29) is 0 Å². The molecule has 0 aliphatic heterocycles. The lowest BCUT2D eigenvalue weighted by Gasteiger charge is -1.91. The van der Waals surface area contributed by atoms with E-state index in [2.05, 4.69) is 33.8 Å². The van der Waals surface area contributed by atoms with Gasteiger partial charge in [0.25, 0.3) is 0 Å². The van der Waals surface area contributed by atoms with Crippen LogP contribution in [0, 0.1) is 0 Å². The molecule has 0 atom stereocenters. The smallest absolute Gasteiger partial charge is 0.114 e. The lowest BCUT2D eigenvalue weighted by molar-refractivity contribution is 0.750. The molecule has 50 valence electrons. The lowest BCUT2D eigenvalue weighted by Crippen LogP contribution is -1.97. The minimum absolute atomic E-state index is 0.602. The van der Waals surface area contributed by atoms with Crippen molar-refractivity contribution in [2.45, 2.75) is 0 Å². The quantitative estimate of drug-likeness (QED) is 0.592. The van der Waals surface area contributed by atoms with Crippen LogP contribution in [0.15, 0.2) is 13.2 Å². The van der Waals surface area contributed by atoms with Crippen LogP contribution in [0.3, 0.4) is 0 Å². The highest BCUT2D eigenvalue weighted by Crippen LogP contribution is 2.00. The monoisotopic (exact) mass is 134 g/mol. The Bertz CT molecular complexity index is 229. The van der Waals surface area contributed by atoms with Gasteiger partial charge in [0.15, 0.2) is 0 Å². The van der Waals surface area contributed by atoms with E-state index in [1.54, 1.807) is 12.2 Å². The first kappa shape index (κ1) is 6.54. The molecular weight excluding hydrogens is 128 g/mol. The van der Waals surface area contributed by atoms with Gasteiger partial charge in [0, 0.05) is 0 Å². The van der Waals surface area contributed by atoms with Crippen molar-refractivity contribution in [3.63, 3.8) is 0 Å². The zero-order chi connectivity index (χ0) is 7.40. The SMILES string of the molecule is C=Cc1nnnnc1C=C. The highest BCUT2D eigenvalue weighted by molar-refractivity contribution is 5.55. The van der Waals surface area contributed by atoms with Crippen LogP contribution >= 0.6 is 0 Å². The van der Waals surface area contributed by atoms with Gasteiger partial charge in [0.1, 0.15) is 11.4 Å². The van der Waals surface area contributed by atoms with E-state index in [4.69, 9.17) is 0 Å². The predicted molar refractivity (Wildman–Crippen MR) is 37.8 cm³/mol. The van der Waals surface area contributed by atoms with Crippen LogP contribution in [0.2, 0.25) is 0 Å². The van der Waals surface area contributed by atoms with Gasteiger partial charge >= 0.3 is 0 Å². The molecule has 0 aliphatic carbocycles. The summed E-state index contributed by atoms with van der Waals surface area (Å²) in [5.74, 6) is 0. The van der Waals surface area contributed by atoms with Crippen LogP contribution in [0.5, 0.6) is 0 Å². The van der Waals surface area contributed by atoms with Crippen molar-refractivity contribution in [2.75, 3.05) is 0 Å². The molecule has 0 bridgehead atoms. The predicted octanol–water partition coefficient (Wildman–Crippen LogP) is 0.553. The Kier molecular flexibility index (Phi) is 1.84. The van der Waals surface area contributed by atoms with Crippen molar-refractivity contribution < 1.29 is 0 Å². The zero-order valence-electron chi connectivity index (χ0n) is 5.36. The Morgan fingerprint density at radius 2 is 1.30 bits per heavy atom. The molecule has 0 radical (unpaired) electrons. The normalized spacial score (nSPS) is 8.80. The molecule has 0 unspecified atom stereocenters. The first-order valence-corrected chi connectivity index (χ1v) is 2.69. The van der Waals surface area contributed by atoms with Gasteiger partial charge in [-0.3, -0.25) is 0 Å². The maximum atomic E-state index is 3.66. The largest absolute Gasteiger partial charge is 0.127 e. The maximum Gasteiger partial charge on any atom is 0.114 e. The van der Waals surface area contributed by atoms with Crippen molar-refractivity contribution >= 4 is 12.2 Å². The molecule has 1 rings (SSSR count). The van der Waals surface area contributed by atoms with Crippen molar-refractivity contribution in [3.05, 3.63) is 24.5 Å². The zero-order valence-corrected chi connectivity index (χ0v) is 5.36. The average molecular weight is 134 g/mol. The Hall–Kier alpha value is -1.58. The van der Waals surface area contributed by atoms with Crippen LogP contribution in [0.1, 0.15) is 11.4 Å². The fraction of sp³-hybridized carbons (Fsp3) is 0. The molecule has 0 spiro atoms. The van der Waals surface area contributed by atoms with Crippen molar-refractivity contribution in [2.24, 2.45) is 0 Å². The van der Waals surface area contributed by atoms with E-state index in [0.717, 1.165) is 0 Å². The second-order valence-electron chi connectivity index (χ2n) is 1.56. The molecule has 10 heavy (non-hydrogen) atoms. The van der Waals surface area contributed by atoms with Gasteiger partial charge in [0.05, 0.1) is 0 Å². The third-order valence-corrected chi connectivity index (χ3v) is 0.994. The average Bonchev–Trinajstić information content (AvgIpc) is 2.04.